The second-order valence-corrected chi connectivity index (χ2v) is 5.19. The standard InChI is InChI=1S/C15H9N3O2S/c16-9-10-4-1-2-5-12(10)18-13(15(19)20)8-11(17-18)14-6-3-7-21-14/h1-8H,(H,19,20). The lowest BCUT2D eigenvalue weighted by molar-refractivity contribution is 0.0687. The molecule has 0 amide bonds. The largest absolute Gasteiger partial charge is 0.477 e. The number of para-hydroxylation sites is 1. The normalized spacial score (nSPS) is 10.2. The third-order valence-electron chi connectivity index (χ3n) is 2.95. The Balaban J connectivity index is 2.22. The maximum Gasteiger partial charge on any atom is 0.354 e. The van der Waals surface area contributed by atoms with Crippen LogP contribution in [0.15, 0.2) is 47.8 Å². The summed E-state index contributed by atoms with van der Waals surface area (Å²) in [7, 11) is 0. The van der Waals surface area contributed by atoms with Crippen LogP contribution in [0.3, 0.4) is 0 Å². The van der Waals surface area contributed by atoms with Crippen LogP contribution in [0.2, 0.25) is 0 Å². The van der Waals surface area contributed by atoms with E-state index in [4.69, 9.17) is 5.26 Å². The van der Waals surface area contributed by atoms with Gasteiger partial charge in [0.15, 0.2) is 5.69 Å². The number of benzene rings is 1. The van der Waals surface area contributed by atoms with Crippen molar-refractivity contribution >= 4 is 17.3 Å². The van der Waals surface area contributed by atoms with Gasteiger partial charge in [0.25, 0.3) is 0 Å². The van der Waals surface area contributed by atoms with Gasteiger partial charge in [-0.05, 0) is 23.6 Å². The molecule has 0 saturated heterocycles. The highest BCUT2D eigenvalue weighted by Crippen LogP contribution is 2.26. The first-order valence-electron chi connectivity index (χ1n) is 6.07. The van der Waals surface area contributed by atoms with Crippen LogP contribution in [0, 0.1) is 11.3 Å². The van der Waals surface area contributed by atoms with Gasteiger partial charge in [-0.3, -0.25) is 0 Å². The molecule has 0 fully saturated rings. The van der Waals surface area contributed by atoms with Crippen LogP contribution in [0.5, 0.6) is 0 Å². The van der Waals surface area contributed by atoms with E-state index < -0.39 is 5.97 Å². The van der Waals surface area contributed by atoms with Crippen molar-refractivity contribution in [2.24, 2.45) is 0 Å². The highest BCUT2D eigenvalue weighted by atomic mass is 32.1. The van der Waals surface area contributed by atoms with Gasteiger partial charge in [0, 0.05) is 6.07 Å². The first kappa shape index (κ1) is 13.1. The Hall–Kier alpha value is -2.91. The molecule has 102 valence electrons. The van der Waals surface area contributed by atoms with Gasteiger partial charge >= 0.3 is 5.97 Å². The Bertz CT molecular complexity index is 844. The number of thiophene rings is 1. The fourth-order valence-corrected chi connectivity index (χ4v) is 2.70. The highest BCUT2D eigenvalue weighted by molar-refractivity contribution is 7.13. The molecule has 0 spiro atoms. The summed E-state index contributed by atoms with van der Waals surface area (Å²) in [4.78, 5) is 12.3. The molecule has 21 heavy (non-hydrogen) atoms. The predicted octanol–water partition coefficient (Wildman–Crippen LogP) is 3.17. The number of rotatable bonds is 3. The highest BCUT2D eigenvalue weighted by Gasteiger charge is 2.18. The first-order chi connectivity index (χ1) is 10.2. The molecular formula is C15H9N3O2S. The number of hydrogen-bond acceptors (Lipinski definition) is 4. The van der Waals surface area contributed by atoms with Crippen molar-refractivity contribution < 1.29 is 9.90 Å². The molecule has 3 rings (SSSR count). The van der Waals surface area contributed by atoms with Gasteiger partial charge in [0.2, 0.25) is 0 Å². The molecule has 0 aliphatic heterocycles. The minimum Gasteiger partial charge on any atom is -0.477 e. The van der Waals surface area contributed by atoms with Gasteiger partial charge in [-0.2, -0.15) is 10.4 Å². The molecule has 0 radical (unpaired) electrons. The molecule has 0 atom stereocenters. The Labute approximate surface area is 124 Å². The monoisotopic (exact) mass is 295 g/mol. The second kappa shape index (κ2) is 5.23. The van der Waals surface area contributed by atoms with Crippen molar-refractivity contribution in [3.63, 3.8) is 0 Å². The van der Waals surface area contributed by atoms with Gasteiger partial charge < -0.3 is 5.11 Å². The van der Waals surface area contributed by atoms with Crippen LogP contribution < -0.4 is 0 Å². The summed E-state index contributed by atoms with van der Waals surface area (Å²) in [5.74, 6) is -1.09. The number of carboxylic acid groups (broad SMARTS) is 1. The zero-order chi connectivity index (χ0) is 14.8. The number of aromatic carboxylic acids is 1. The predicted molar refractivity (Wildman–Crippen MR) is 78.6 cm³/mol. The molecule has 0 bridgehead atoms. The molecule has 2 aromatic heterocycles. The van der Waals surface area contributed by atoms with Gasteiger partial charge in [0.1, 0.15) is 11.8 Å². The van der Waals surface area contributed by atoms with E-state index in [1.54, 1.807) is 24.3 Å². The molecule has 5 nitrogen and oxygen atoms in total. The van der Waals surface area contributed by atoms with Crippen molar-refractivity contribution in [2.75, 3.05) is 0 Å². The van der Waals surface area contributed by atoms with Crippen LogP contribution in [0.4, 0.5) is 0 Å². The maximum absolute atomic E-state index is 11.4. The summed E-state index contributed by atoms with van der Waals surface area (Å²) in [5.41, 5.74) is 1.44. The van der Waals surface area contributed by atoms with E-state index in [2.05, 4.69) is 11.2 Å². The zero-order valence-electron chi connectivity index (χ0n) is 10.7. The van der Waals surface area contributed by atoms with Crippen molar-refractivity contribution in [3.8, 4) is 22.3 Å². The summed E-state index contributed by atoms with van der Waals surface area (Å²) in [5, 5.41) is 24.8. The number of hydrogen-bond donors (Lipinski definition) is 1. The Morgan fingerprint density at radius 3 is 2.76 bits per heavy atom. The Morgan fingerprint density at radius 2 is 2.10 bits per heavy atom. The van der Waals surface area contributed by atoms with E-state index in [9.17, 15) is 9.90 Å². The number of carbonyl (C=O) groups is 1. The molecule has 0 saturated carbocycles. The van der Waals surface area contributed by atoms with Gasteiger partial charge in [0.05, 0.1) is 16.1 Å². The average molecular weight is 295 g/mol. The third kappa shape index (κ3) is 2.30. The smallest absolute Gasteiger partial charge is 0.354 e. The fourth-order valence-electron chi connectivity index (χ4n) is 2.01. The van der Waals surface area contributed by atoms with Gasteiger partial charge in [-0.25, -0.2) is 9.48 Å². The second-order valence-electron chi connectivity index (χ2n) is 4.24. The topological polar surface area (TPSA) is 78.9 Å². The van der Waals surface area contributed by atoms with Crippen molar-refractivity contribution in [1.82, 2.24) is 9.78 Å². The van der Waals surface area contributed by atoms with E-state index >= 15 is 0 Å². The third-order valence-corrected chi connectivity index (χ3v) is 3.85. The van der Waals surface area contributed by atoms with Crippen LogP contribution >= 0.6 is 11.3 Å². The molecule has 3 aromatic rings. The summed E-state index contributed by atoms with van der Waals surface area (Å²) in [6.07, 6.45) is 0. The van der Waals surface area contributed by atoms with Crippen molar-refractivity contribution in [1.29, 1.82) is 5.26 Å². The lowest BCUT2D eigenvalue weighted by Crippen LogP contribution is -2.09. The summed E-state index contributed by atoms with van der Waals surface area (Å²) in [6.45, 7) is 0. The molecule has 2 heterocycles. The summed E-state index contributed by atoms with van der Waals surface area (Å²) in [6, 6.07) is 14.1. The van der Waals surface area contributed by atoms with E-state index in [0.717, 1.165) is 4.88 Å². The fraction of sp³-hybridized carbons (Fsp3) is 0. The number of carboxylic acids is 1. The van der Waals surface area contributed by atoms with Crippen LogP contribution in [0.1, 0.15) is 16.1 Å². The Kier molecular flexibility index (Phi) is 3.26. The van der Waals surface area contributed by atoms with E-state index in [1.165, 1.54) is 22.1 Å². The minimum atomic E-state index is -1.09. The molecule has 1 N–H and O–H groups in total. The SMILES string of the molecule is N#Cc1ccccc1-n1nc(-c2cccs2)cc1C(=O)O. The molecular weight excluding hydrogens is 286 g/mol. The molecule has 0 unspecified atom stereocenters. The van der Waals surface area contributed by atoms with Crippen molar-refractivity contribution in [3.05, 3.63) is 59.1 Å². The quantitative estimate of drug-likeness (QED) is 0.805. The zero-order valence-corrected chi connectivity index (χ0v) is 11.5. The van der Waals surface area contributed by atoms with Crippen LogP contribution in [-0.4, -0.2) is 20.9 Å². The number of nitrogens with zero attached hydrogens (tertiary/aromatic N) is 3. The lowest BCUT2D eigenvalue weighted by atomic mass is 10.2. The number of nitriles is 1. The first-order valence-corrected chi connectivity index (χ1v) is 6.95. The molecule has 0 aliphatic carbocycles. The van der Waals surface area contributed by atoms with E-state index in [0.29, 0.717) is 16.9 Å². The Morgan fingerprint density at radius 1 is 1.29 bits per heavy atom. The van der Waals surface area contributed by atoms with Crippen LogP contribution in [-0.2, 0) is 0 Å². The van der Waals surface area contributed by atoms with Crippen LogP contribution in [0.25, 0.3) is 16.3 Å². The number of aromatic nitrogens is 2. The molecule has 6 heteroatoms. The summed E-state index contributed by atoms with van der Waals surface area (Å²) >= 11 is 1.48. The van der Waals surface area contributed by atoms with E-state index in [1.807, 2.05) is 17.5 Å². The average Bonchev–Trinajstić information content (AvgIpc) is 3.16. The van der Waals surface area contributed by atoms with E-state index in [-0.39, 0.29) is 5.69 Å². The maximum atomic E-state index is 11.4. The minimum absolute atomic E-state index is 0.0288. The van der Waals surface area contributed by atoms with Gasteiger partial charge in [-0.15, -0.1) is 11.3 Å². The molecule has 1 aromatic carbocycles. The lowest BCUT2D eigenvalue weighted by Gasteiger charge is -2.05. The molecule has 0 aliphatic rings. The van der Waals surface area contributed by atoms with Crippen molar-refractivity contribution in [2.45, 2.75) is 0 Å². The summed E-state index contributed by atoms with van der Waals surface area (Å²) < 4.78 is 1.30. The van der Waals surface area contributed by atoms with Gasteiger partial charge in [-0.1, -0.05) is 18.2 Å².